The van der Waals surface area contributed by atoms with Crippen LogP contribution in [0, 0.1) is 0 Å². The molecule has 0 bridgehead atoms. The van der Waals surface area contributed by atoms with E-state index in [-0.39, 0.29) is 5.60 Å². The van der Waals surface area contributed by atoms with Gasteiger partial charge in [-0.2, -0.15) is 5.48 Å². The number of nitrogens with one attached hydrogen (secondary N) is 1. The fourth-order valence-corrected chi connectivity index (χ4v) is 2.78. The zero-order chi connectivity index (χ0) is 14.0. The lowest BCUT2D eigenvalue weighted by molar-refractivity contribution is -0.0311. The Bertz CT molecular complexity index is 560. The van der Waals surface area contributed by atoms with E-state index in [0.29, 0.717) is 6.04 Å². The van der Waals surface area contributed by atoms with Gasteiger partial charge in [0.25, 0.3) is 0 Å². The molecule has 104 valence electrons. The third-order valence-corrected chi connectivity index (χ3v) is 3.78. The molecule has 1 saturated heterocycles. The Kier molecular flexibility index (Phi) is 3.60. The number of hydrogen-bond donors (Lipinski definition) is 1. The van der Waals surface area contributed by atoms with Crippen molar-refractivity contribution < 1.29 is 4.84 Å². The molecule has 3 rings (SSSR count). The molecule has 0 aromatic heterocycles. The van der Waals surface area contributed by atoms with Gasteiger partial charge in [0.05, 0.1) is 5.60 Å². The van der Waals surface area contributed by atoms with Gasteiger partial charge in [-0.15, -0.1) is 0 Å². The summed E-state index contributed by atoms with van der Waals surface area (Å²) in [6, 6.07) is 19.7. The van der Waals surface area contributed by atoms with Crippen LogP contribution in [-0.2, 0) is 11.3 Å². The zero-order valence-corrected chi connectivity index (χ0v) is 12.1. The van der Waals surface area contributed by atoms with Crippen molar-refractivity contribution >= 4 is 0 Å². The number of benzene rings is 2. The van der Waals surface area contributed by atoms with E-state index in [2.05, 4.69) is 67.9 Å². The molecule has 0 radical (unpaired) electrons. The molecule has 2 aromatic rings. The van der Waals surface area contributed by atoms with Crippen LogP contribution >= 0.6 is 0 Å². The first kappa shape index (κ1) is 13.3. The highest BCUT2D eigenvalue weighted by molar-refractivity contribution is 5.63. The maximum Gasteiger partial charge on any atom is 0.0856 e. The molecular weight excluding hydrogens is 246 g/mol. The summed E-state index contributed by atoms with van der Waals surface area (Å²) in [5.41, 5.74) is 6.98. The van der Waals surface area contributed by atoms with Gasteiger partial charge in [-0.25, -0.2) is 0 Å². The Morgan fingerprint density at radius 2 is 1.65 bits per heavy atom. The van der Waals surface area contributed by atoms with Crippen LogP contribution in [0.5, 0.6) is 0 Å². The molecule has 0 aliphatic carbocycles. The van der Waals surface area contributed by atoms with Gasteiger partial charge in [0, 0.05) is 6.04 Å². The Morgan fingerprint density at radius 3 is 2.25 bits per heavy atom. The highest BCUT2D eigenvalue weighted by Crippen LogP contribution is 2.25. The summed E-state index contributed by atoms with van der Waals surface area (Å²) in [5, 5.41) is 0. The standard InChI is InChI=1S/C18H21NO/c1-18(2)13-17(19-20-18)12-14-8-10-16(11-9-14)15-6-4-3-5-7-15/h3-11,17,19H,12-13H2,1-2H3/t17-/m0/s1. The fraction of sp³-hybridized carbons (Fsp3) is 0.333. The number of hydroxylamine groups is 1. The van der Waals surface area contributed by atoms with Crippen LogP contribution in [0.3, 0.4) is 0 Å². The first-order valence-electron chi connectivity index (χ1n) is 7.20. The predicted octanol–water partition coefficient (Wildman–Crippen LogP) is 3.97. The minimum atomic E-state index is -0.0470. The van der Waals surface area contributed by atoms with Crippen LogP contribution < -0.4 is 5.48 Å². The lowest BCUT2D eigenvalue weighted by Crippen LogP contribution is -2.22. The molecular formula is C18H21NO. The molecule has 1 N–H and O–H groups in total. The first-order valence-corrected chi connectivity index (χ1v) is 7.20. The van der Waals surface area contributed by atoms with Crippen LogP contribution in [-0.4, -0.2) is 11.6 Å². The summed E-state index contributed by atoms with van der Waals surface area (Å²) in [4.78, 5) is 5.57. The number of hydrogen-bond acceptors (Lipinski definition) is 2. The molecule has 1 aliphatic rings. The highest BCUT2D eigenvalue weighted by Gasteiger charge is 2.31. The third-order valence-electron chi connectivity index (χ3n) is 3.78. The monoisotopic (exact) mass is 267 g/mol. The minimum Gasteiger partial charge on any atom is -0.295 e. The second kappa shape index (κ2) is 5.39. The second-order valence-corrected chi connectivity index (χ2v) is 6.15. The molecule has 1 fully saturated rings. The van der Waals surface area contributed by atoms with E-state index in [1.54, 1.807) is 0 Å². The molecule has 0 spiro atoms. The van der Waals surface area contributed by atoms with Crippen molar-refractivity contribution in [2.45, 2.75) is 38.3 Å². The van der Waals surface area contributed by atoms with E-state index in [1.165, 1.54) is 16.7 Å². The van der Waals surface area contributed by atoms with Crippen LogP contribution in [0.15, 0.2) is 54.6 Å². The van der Waals surface area contributed by atoms with E-state index in [4.69, 9.17) is 4.84 Å². The summed E-state index contributed by atoms with van der Waals surface area (Å²) < 4.78 is 0. The summed E-state index contributed by atoms with van der Waals surface area (Å²) >= 11 is 0. The lowest BCUT2D eigenvalue weighted by atomic mass is 9.95. The SMILES string of the molecule is CC1(C)C[C@H](Cc2ccc(-c3ccccc3)cc2)NO1. The van der Waals surface area contributed by atoms with Gasteiger partial charge in [-0.3, -0.25) is 4.84 Å². The van der Waals surface area contributed by atoms with E-state index in [9.17, 15) is 0 Å². The van der Waals surface area contributed by atoms with Crippen LogP contribution in [0.25, 0.3) is 11.1 Å². The maximum absolute atomic E-state index is 5.57. The Labute approximate surface area is 120 Å². The van der Waals surface area contributed by atoms with Crippen LogP contribution in [0.4, 0.5) is 0 Å². The second-order valence-electron chi connectivity index (χ2n) is 6.15. The van der Waals surface area contributed by atoms with Crippen molar-refractivity contribution in [3.8, 4) is 11.1 Å². The van der Waals surface area contributed by atoms with Crippen molar-refractivity contribution in [3.05, 3.63) is 60.2 Å². The van der Waals surface area contributed by atoms with E-state index in [0.717, 1.165) is 12.8 Å². The van der Waals surface area contributed by atoms with Gasteiger partial charge in [0.2, 0.25) is 0 Å². The molecule has 0 unspecified atom stereocenters. The largest absolute Gasteiger partial charge is 0.295 e. The van der Waals surface area contributed by atoms with Crippen molar-refractivity contribution in [1.82, 2.24) is 5.48 Å². The van der Waals surface area contributed by atoms with E-state index in [1.807, 2.05) is 6.07 Å². The minimum absolute atomic E-state index is 0.0470. The molecule has 2 nitrogen and oxygen atoms in total. The molecule has 0 saturated carbocycles. The quantitative estimate of drug-likeness (QED) is 0.908. The van der Waals surface area contributed by atoms with Gasteiger partial charge in [-0.1, -0.05) is 54.6 Å². The molecule has 1 aliphatic heterocycles. The molecule has 0 amide bonds. The molecule has 2 aromatic carbocycles. The zero-order valence-electron chi connectivity index (χ0n) is 12.1. The highest BCUT2D eigenvalue weighted by atomic mass is 16.7. The topological polar surface area (TPSA) is 21.3 Å². The number of rotatable bonds is 3. The van der Waals surface area contributed by atoms with Crippen LogP contribution in [0.1, 0.15) is 25.8 Å². The average molecular weight is 267 g/mol. The van der Waals surface area contributed by atoms with Gasteiger partial charge < -0.3 is 0 Å². The lowest BCUT2D eigenvalue weighted by Gasteiger charge is -2.13. The average Bonchev–Trinajstić information content (AvgIpc) is 2.80. The molecule has 20 heavy (non-hydrogen) atoms. The first-order chi connectivity index (χ1) is 9.62. The van der Waals surface area contributed by atoms with Gasteiger partial charge in [0.15, 0.2) is 0 Å². The third kappa shape index (κ3) is 3.09. The summed E-state index contributed by atoms with van der Waals surface area (Å²) in [7, 11) is 0. The van der Waals surface area contributed by atoms with Crippen molar-refractivity contribution in [1.29, 1.82) is 0 Å². The predicted molar refractivity (Wildman–Crippen MR) is 82.3 cm³/mol. The summed E-state index contributed by atoms with van der Waals surface area (Å²) in [6.45, 7) is 4.25. The van der Waals surface area contributed by atoms with Crippen molar-refractivity contribution in [2.75, 3.05) is 0 Å². The smallest absolute Gasteiger partial charge is 0.0856 e. The normalized spacial score (nSPS) is 21.0. The Hall–Kier alpha value is -1.64. The van der Waals surface area contributed by atoms with Gasteiger partial charge in [-0.05, 0) is 43.4 Å². The van der Waals surface area contributed by atoms with Crippen molar-refractivity contribution in [3.63, 3.8) is 0 Å². The Balaban J connectivity index is 1.68. The summed E-state index contributed by atoms with van der Waals surface area (Å²) in [6.07, 6.45) is 2.06. The Morgan fingerprint density at radius 1 is 1.00 bits per heavy atom. The van der Waals surface area contributed by atoms with Crippen molar-refractivity contribution in [2.24, 2.45) is 0 Å². The molecule has 1 atom stereocenters. The van der Waals surface area contributed by atoms with E-state index >= 15 is 0 Å². The summed E-state index contributed by atoms with van der Waals surface area (Å²) in [5.74, 6) is 0. The molecule has 2 heteroatoms. The fourth-order valence-electron chi connectivity index (χ4n) is 2.78. The van der Waals surface area contributed by atoms with E-state index < -0.39 is 0 Å². The molecule has 1 heterocycles. The van der Waals surface area contributed by atoms with Crippen LogP contribution in [0.2, 0.25) is 0 Å². The van der Waals surface area contributed by atoms with Gasteiger partial charge >= 0.3 is 0 Å². The van der Waals surface area contributed by atoms with Gasteiger partial charge in [0.1, 0.15) is 0 Å². The maximum atomic E-state index is 5.57.